The summed E-state index contributed by atoms with van der Waals surface area (Å²) in [5, 5.41) is 39.8. The van der Waals surface area contributed by atoms with E-state index in [1.54, 1.807) is 30.3 Å². The van der Waals surface area contributed by atoms with Gasteiger partial charge in [0.1, 0.15) is 42.6 Å². The fraction of sp³-hybridized carbons (Fsp3) is 0.326. The largest absolute Gasteiger partial charge is 0.508 e. The molecular weight excluding hydrogens is 813 g/mol. The zero-order chi connectivity index (χ0) is 45.6. The van der Waals surface area contributed by atoms with E-state index >= 15 is 0 Å². The fourth-order valence-corrected chi connectivity index (χ4v) is 7.09. The van der Waals surface area contributed by atoms with Crippen molar-refractivity contribution in [1.82, 2.24) is 26.2 Å². The fourth-order valence-electron chi connectivity index (χ4n) is 7.09. The zero-order valence-electron chi connectivity index (χ0n) is 34.8. The topological polar surface area (TPSA) is 267 Å². The van der Waals surface area contributed by atoms with E-state index in [2.05, 4.69) is 21.3 Å². The van der Waals surface area contributed by atoms with Gasteiger partial charge in [-0.3, -0.25) is 28.8 Å². The van der Waals surface area contributed by atoms with Crippen molar-refractivity contribution < 1.29 is 53.6 Å². The number of carboxylic acids is 1. The Morgan fingerprint density at radius 3 is 1.94 bits per heavy atom. The van der Waals surface area contributed by atoms with Gasteiger partial charge >= 0.3 is 11.9 Å². The van der Waals surface area contributed by atoms with Crippen molar-refractivity contribution in [2.45, 2.75) is 81.9 Å². The van der Waals surface area contributed by atoms with Crippen LogP contribution in [0.1, 0.15) is 48.2 Å². The van der Waals surface area contributed by atoms with Crippen molar-refractivity contribution in [3.8, 4) is 16.9 Å². The number of nitrogens with zero attached hydrogens (tertiary/aromatic N) is 1. The highest BCUT2D eigenvalue weighted by Crippen LogP contribution is 2.22. The first-order valence-corrected chi connectivity index (χ1v) is 20.4. The smallest absolute Gasteiger partial charge is 0.338 e. The average molecular weight is 865 g/mol. The number of likely N-dealkylation sites (tertiary alicyclic amines) is 1. The highest BCUT2D eigenvalue weighted by atomic mass is 16.5. The summed E-state index contributed by atoms with van der Waals surface area (Å²) in [4.78, 5) is 94.0. The van der Waals surface area contributed by atoms with Crippen LogP contribution in [0, 0.1) is 0 Å². The second-order valence-electron chi connectivity index (χ2n) is 15.3. The summed E-state index contributed by atoms with van der Waals surface area (Å²) in [7, 11) is 0. The lowest BCUT2D eigenvalue weighted by atomic mass is 10.00. The van der Waals surface area contributed by atoms with Crippen LogP contribution in [0.25, 0.3) is 11.1 Å². The summed E-state index contributed by atoms with van der Waals surface area (Å²) in [6.07, 6.45) is -2.32. The van der Waals surface area contributed by atoms with Crippen LogP contribution in [0.5, 0.6) is 5.75 Å². The number of phenolic OH excluding ortho intramolecular Hbond substituents is 1. The number of aliphatic hydroxyl groups is 1. The number of ether oxygens (including phenoxy) is 1. The van der Waals surface area contributed by atoms with E-state index in [1.165, 1.54) is 38.1 Å². The minimum absolute atomic E-state index is 0.0251. The standard InChI is InChI=1S/C46H52N6O11/c1-27(53)39(45(61)52-23-9-14-37(52)43(59)51-40(44(60)48-26-38(55)56)28(2)63-46(62)33-12-7-4-8-13-33)50-42(58)36(25-30-17-21-34(54)22-18-30)49-41(57)35(47)24-29-15-19-32(20-16-29)31-10-5-3-6-11-31/h3-8,10-13,15-22,27-28,35-37,39-40,53-54H,9,14,23-26,47H2,1-2H3,(H,48,60)(H,49,57)(H,50,58)(H,51,59)(H,55,56)/t27-,28-,35+,36+,37+,39+,40+/m1/s1. The zero-order valence-corrected chi connectivity index (χ0v) is 34.8. The monoisotopic (exact) mass is 864 g/mol. The third-order valence-corrected chi connectivity index (χ3v) is 10.5. The van der Waals surface area contributed by atoms with Gasteiger partial charge in [-0.05, 0) is 79.6 Å². The van der Waals surface area contributed by atoms with Crippen molar-refractivity contribution in [2.75, 3.05) is 13.1 Å². The summed E-state index contributed by atoms with van der Waals surface area (Å²) in [6.45, 7) is 1.84. The maximum Gasteiger partial charge on any atom is 0.338 e. The molecule has 0 aliphatic carbocycles. The van der Waals surface area contributed by atoms with Gasteiger partial charge < -0.3 is 52.0 Å². The van der Waals surface area contributed by atoms with Crippen LogP contribution >= 0.6 is 0 Å². The normalized spacial score (nSPS) is 16.3. The minimum atomic E-state index is -1.61. The molecule has 0 unspecified atom stereocenters. The molecule has 1 saturated heterocycles. The SMILES string of the molecule is C[C@@H](O)[C@H](NC(=O)[C@H](Cc1ccc(O)cc1)NC(=O)[C@@H](N)Cc1ccc(-c2ccccc2)cc1)C(=O)N1CCC[C@H]1C(=O)N[C@H](C(=O)NCC(=O)O)[C@@H](C)OC(=O)c1ccccc1. The first-order chi connectivity index (χ1) is 30.1. The van der Waals surface area contributed by atoms with Crippen molar-refractivity contribution in [1.29, 1.82) is 0 Å². The van der Waals surface area contributed by atoms with E-state index in [-0.39, 0.29) is 37.1 Å². The average Bonchev–Trinajstić information content (AvgIpc) is 3.78. The van der Waals surface area contributed by atoms with E-state index in [4.69, 9.17) is 15.6 Å². The van der Waals surface area contributed by atoms with Crippen LogP contribution in [-0.2, 0) is 46.3 Å². The molecule has 9 N–H and O–H groups in total. The number of hydrogen-bond acceptors (Lipinski definition) is 11. The Kier molecular flexibility index (Phi) is 16.5. The highest BCUT2D eigenvalue weighted by molar-refractivity contribution is 5.97. The number of aliphatic carboxylic acids is 1. The van der Waals surface area contributed by atoms with E-state index in [0.717, 1.165) is 21.6 Å². The summed E-state index contributed by atoms with van der Waals surface area (Å²) >= 11 is 0. The van der Waals surface area contributed by atoms with Gasteiger partial charge in [0.25, 0.3) is 0 Å². The lowest BCUT2D eigenvalue weighted by Gasteiger charge is -2.32. The van der Waals surface area contributed by atoms with E-state index in [0.29, 0.717) is 12.0 Å². The summed E-state index contributed by atoms with van der Waals surface area (Å²) in [6, 6.07) is 24.3. The van der Waals surface area contributed by atoms with Gasteiger partial charge in [0, 0.05) is 13.0 Å². The number of nitrogens with one attached hydrogen (secondary N) is 4. The second-order valence-corrected chi connectivity index (χ2v) is 15.3. The third-order valence-electron chi connectivity index (χ3n) is 10.5. The Hall–Kier alpha value is -7.11. The number of aromatic hydroxyl groups is 1. The lowest BCUT2D eigenvalue weighted by Crippen LogP contribution is -2.62. The van der Waals surface area contributed by atoms with Crippen LogP contribution in [-0.4, -0.2) is 117 Å². The van der Waals surface area contributed by atoms with Gasteiger partial charge in [0.05, 0.1) is 17.7 Å². The molecular formula is C46H52N6O11. The quantitative estimate of drug-likeness (QED) is 0.0623. The number of aliphatic hydroxyl groups excluding tert-OH is 1. The third kappa shape index (κ3) is 13.2. The Morgan fingerprint density at radius 2 is 1.32 bits per heavy atom. The number of carbonyl (C=O) groups is 7. The Bertz CT molecular complexity index is 2220. The predicted molar refractivity (Wildman–Crippen MR) is 230 cm³/mol. The molecule has 5 amide bonds. The molecule has 63 heavy (non-hydrogen) atoms. The number of rotatable bonds is 19. The van der Waals surface area contributed by atoms with Crippen LogP contribution in [0.2, 0.25) is 0 Å². The maximum absolute atomic E-state index is 14.2. The number of amides is 5. The molecule has 0 radical (unpaired) electrons. The van der Waals surface area contributed by atoms with E-state index < -0.39 is 90.4 Å². The number of hydrogen-bond donors (Lipinski definition) is 8. The molecule has 332 valence electrons. The van der Waals surface area contributed by atoms with Gasteiger partial charge in [-0.15, -0.1) is 0 Å². The number of carboxylic acid groups (broad SMARTS) is 1. The molecule has 0 bridgehead atoms. The van der Waals surface area contributed by atoms with E-state index in [9.17, 15) is 43.8 Å². The molecule has 17 heteroatoms. The Morgan fingerprint density at radius 1 is 0.730 bits per heavy atom. The van der Waals surface area contributed by atoms with Gasteiger partial charge in [0.15, 0.2) is 0 Å². The van der Waals surface area contributed by atoms with Gasteiger partial charge in [-0.2, -0.15) is 0 Å². The summed E-state index contributed by atoms with van der Waals surface area (Å²) < 4.78 is 5.47. The summed E-state index contributed by atoms with van der Waals surface area (Å²) in [5.74, 6) is -6.35. The Balaban J connectivity index is 1.29. The van der Waals surface area contributed by atoms with Crippen molar-refractivity contribution >= 4 is 41.5 Å². The molecule has 4 aromatic carbocycles. The van der Waals surface area contributed by atoms with Crippen molar-refractivity contribution in [2.24, 2.45) is 5.73 Å². The minimum Gasteiger partial charge on any atom is -0.508 e. The van der Waals surface area contributed by atoms with Crippen molar-refractivity contribution in [3.63, 3.8) is 0 Å². The predicted octanol–water partition coefficient (Wildman–Crippen LogP) is 1.44. The molecule has 1 aliphatic heterocycles. The molecule has 5 rings (SSSR count). The van der Waals surface area contributed by atoms with Crippen LogP contribution < -0.4 is 27.0 Å². The maximum atomic E-state index is 14.2. The van der Waals surface area contributed by atoms with Gasteiger partial charge in [-0.25, -0.2) is 4.79 Å². The van der Waals surface area contributed by atoms with Crippen LogP contribution in [0.15, 0.2) is 109 Å². The molecule has 1 aliphatic rings. The summed E-state index contributed by atoms with van der Waals surface area (Å²) in [5.41, 5.74) is 9.82. The number of phenols is 1. The number of carbonyl (C=O) groups excluding carboxylic acids is 6. The molecule has 4 aromatic rings. The van der Waals surface area contributed by atoms with Crippen LogP contribution in [0.4, 0.5) is 0 Å². The van der Waals surface area contributed by atoms with Gasteiger partial charge in [0.2, 0.25) is 29.5 Å². The second kappa shape index (κ2) is 22.1. The lowest BCUT2D eigenvalue weighted by molar-refractivity contribution is -0.145. The van der Waals surface area contributed by atoms with Crippen molar-refractivity contribution in [3.05, 3.63) is 126 Å². The first-order valence-electron chi connectivity index (χ1n) is 20.4. The van der Waals surface area contributed by atoms with Gasteiger partial charge in [-0.1, -0.05) is 84.9 Å². The molecule has 0 aromatic heterocycles. The Labute approximate surface area is 364 Å². The van der Waals surface area contributed by atoms with E-state index in [1.807, 2.05) is 54.6 Å². The molecule has 7 atom stereocenters. The molecule has 0 spiro atoms. The molecule has 17 nitrogen and oxygen atoms in total. The number of esters is 1. The first kappa shape index (κ1) is 46.9. The van der Waals surface area contributed by atoms with Crippen LogP contribution in [0.3, 0.4) is 0 Å². The number of nitrogens with two attached hydrogens (primary N) is 1. The highest BCUT2D eigenvalue weighted by Gasteiger charge is 2.42. The molecule has 0 saturated carbocycles. The number of benzene rings is 4. The molecule has 1 fully saturated rings. The molecule has 1 heterocycles.